The van der Waals surface area contributed by atoms with Gasteiger partial charge in [0.25, 0.3) is 0 Å². The number of nitrogens with two attached hydrogens (primary N) is 1. The fourth-order valence-corrected chi connectivity index (χ4v) is 2.18. The third-order valence-corrected chi connectivity index (χ3v) is 3.25. The number of carbonyl (C=O) groups is 1. The van der Waals surface area contributed by atoms with E-state index in [0.717, 1.165) is 5.56 Å². The molecule has 0 aliphatic rings. The minimum absolute atomic E-state index is 0. The lowest BCUT2D eigenvalue weighted by Crippen LogP contribution is -2.15. The molecule has 0 bridgehead atoms. The number of ether oxygens (including phenoxy) is 1. The first-order valence-corrected chi connectivity index (χ1v) is 7.55. The van der Waals surface area contributed by atoms with Crippen LogP contribution in [0, 0.1) is 5.82 Å². The minimum atomic E-state index is -0.427. The van der Waals surface area contributed by atoms with E-state index in [1.165, 1.54) is 18.2 Å². The van der Waals surface area contributed by atoms with Crippen molar-refractivity contribution in [1.82, 2.24) is 0 Å². The third-order valence-electron chi connectivity index (χ3n) is 3.25. The van der Waals surface area contributed by atoms with Gasteiger partial charge in [0.15, 0.2) is 0 Å². The van der Waals surface area contributed by atoms with Gasteiger partial charge in [-0.15, -0.1) is 12.4 Å². The van der Waals surface area contributed by atoms with Gasteiger partial charge in [-0.2, -0.15) is 0 Å². The van der Waals surface area contributed by atoms with Gasteiger partial charge < -0.3 is 15.8 Å². The van der Waals surface area contributed by atoms with Crippen molar-refractivity contribution in [1.29, 1.82) is 0 Å². The molecule has 0 fully saturated rings. The quantitative estimate of drug-likeness (QED) is 0.766. The molecule has 4 nitrogen and oxygen atoms in total. The largest absolute Gasteiger partial charge is 0.489 e. The van der Waals surface area contributed by atoms with E-state index in [-0.39, 0.29) is 30.8 Å². The van der Waals surface area contributed by atoms with Gasteiger partial charge in [-0.1, -0.05) is 18.2 Å². The van der Waals surface area contributed by atoms with E-state index in [2.05, 4.69) is 5.32 Å². The zero-order valence-corrected chi connectivity index (χ0v) is 14.5. The van der Waals surface area contributed by atoms with E-state index in [0.29, 0.717) is 23.5 Å². The lowest BCUT2D eigenvalue weighted by Gasteiger charge is -2.15. The molecule has 3 N–H and O–H groups in total. The van der Waals surface area contributed by atoms with E-state index in [9.17, 15) is 9.18 Å². The number of halogens is 2. The molecule has 0 aliphatic carbocycles. The first-order valence-electron chi connectivity index (χ1n) is 7.55. The van der Waals surface area contributed by atoms with Crippen LogP contribution < -0.4 is 15.8 Å². The van der Waals surface area contributed by atoms with Gasteiger partial charge in [-0.25, -0.2) is 4.39 Å². The molecule has 0 aromatic heterocycles. The maximum absolute atomic E-state index is 13.4. The summed E-state index contributed by atoms with van der Waals surface area (Å²) in [7, 11) is 0. The van der Waals surface area contributed by atoms with Crippen molar-refractivity contribution in [2.45, 2.75) is 32.8 Å². The molecule has 24 heavy (non-hydrogen) atoms. The predicted molar refractivity (Wildman–Crippen MR) is 97.2 cm³/mol. The molecule has 2 aromatic carbocycles. The van der Waals surface area contributed by atoms with Crippen LogP contribution in [0.4, 0.5) is 15.8 Å². The fraction of sp³-hybridized carbons (Fsp3) is 0.278. The smallest absolute Gasteiger partial charge is 0.224 e. The minimum Gasteiger partial charge on any atom is -0.489 e. The normalized spacial score (nSPS) is 10.2. The van der Waals surface area contributed by atoms with Crippen molar-refractivity contribution < 1.29 is 13.9 Å². The molecule has 0 radical (unpaired) electrons. The van der Waals surface area contributed by atoms with Gasteiger partial charge in [0, 0.05) is 18.2 Å². The number of para-hydroxylation sites is 1. The molecular weight excluding hydrogens is 331 g/mol. The van der Waals surface area contributed by atoms with Crippen molar-refractivity contribution in [2.75, 3.05) is 11.1 Å². The summed E-state index contributed by atoms with van der Waals surface area (Å²) in [4.78, 5) is 12.1. The summed E-state index contributed by atoms with van der Waals surface area (Å²) in [6, 6.07) is 11.5. The van der Waals surface area contributed by atoms with Crippen LogP contribution >= 0.6 is 12.4 Å². The Hall–Kier alpha value is -2.27. The van der Waals surface area contributed by atoms with Gasteiger partial charge in [0.2, 0.25) is 5.91 Å². The summed E-state index contributed by atoms with van der Waals surface area (Å²) in [5.41, 5.74) is 7.77. The number of amides is 1. The second-order valence-electron chi connectivity index (χ2n) is 5.55. The molecule has 0 spiro atoms. The summed E-state index contributed by atoms with van der Waals surface area (Å²) in [6.07, 6.45) is 0.709. The number of benzene rings is 2. The first kappa shape index (κ1) is 19.8. The van der Waals surface area contributed by atoms with Crippen LogP contribution in [0.3, 0.4) is 0 Å². The fourth-order valence-electron chi connectivity index (χ4n) is 2.18. The SMILES string of the molecule is CC(C)Oc1ccc(F)cc1NC(=O)CCc1ccccc1N.Cl. The lowest BCUT2D eigenvalue weighted by molar-refractivity contribution is -0.116. The van der Waals surface area contributed by atoms with E-state index >= 15 is 0 Å². The van der Waals surface area contributed by atoms with Gasteiger partial charge in [-0.05, 0) is 44.0 Å². The molecule has 0 saturated carbocycles. The van der Waals surface area contributed by atoms with Crippen LogP contribution in [-0.4, -0.2) is 12.0 Å². The van der Waals surface area contributed by atoms with Crippen molar-refractivity contribution in [3.8, 4) is 5.75 Å². The molecular formula is C18H22ClFN2O2. The van der Waals surface area contributed by atoms with Crippen molar-refractivity contribution >= 4 is 29.7 Å². The highest BCUT2D eigenvalue weighted by Crippen LogP contribution is 2.26. The molecule has 0 heterocycles. The molecule has 1 amide bonds. The second-order valence-corrected chi connectivity index (χ2v) is 5.55. The number of nitrogens with one attached hydrogen (secondary N) is 1. The predicted octanol–water partition coefficient (Wildman–Crippen LogP) is 4.19. The number of hydrogen-bond donors (Lipinski definition) is 2. The van der Waals surface area contributed by atoms with Crippen molar-refractivity contribution in [3.05, 3.63) is 53.8 Å². The number of aryl methyl sites for hydroxylation is 1. The average molecular weight is 353 g/mol. The van der Waals surface area contributed by atoms with E-state index in [4.69, 9.17) is 10.5 Å². The lowest BCUT2D eigenvalue weighted by atomic mass is 10.1. The number of anilines is 2. The highest BCUT2D eigenvalue weighted by atomic mass is 35.5. The molecule has 0 unspecified atom stereocenters. The van der Waals surface area contributed by atoms with Gasteiger partial charge in [-0.3, -0.25) is 4.79 Å². The zero-order valence-electron chi connectivity index (χ0n) is 13.7. The number of rotatable bonds is 6. The molecule has 6 heteroatoms. The van der Waals surface area contributed by atoms with Gasteiger partial charge in [0.1, 0.15) is 11.6 Å². The molecule has 0 saturated heterocycles. The summed E-state index contributed by atoms with van der Waals surface area (Å²) >= 11 is 0. The molecule has 2 rings (SSSR count). The van der Waals surface area contributed by atoms with Crippen molar-refractivity contribution in [3.63, 3.8) is 0 Å². The molecule has 130 valence electrons. The number of hydrogen-bond acceptors (Lipinski definition) is 3. The van der Waals surface area contributed by atoms with Crippen LogP contribution in [-0.2, 0) is 11.2 Å². The van der Waals surface area contributed by atoms with Crippen molar-refractivity contribution in [2.24, 2.45) is 0 Å². The second kappa shape index (κ2) is 9.13. The monoisotopic (exact) mass is 352 g/mol. The van der Waals surface area contributed by atoms with Gasteiger partial charge >= 0.3 is 0 Å². The van der Waals surface area contributed by atoms with E-state index in [1.807, 2.05) is 32.0 Å². The standard InChI is InChI=1S/C18H21FN2O2.ClH/c1-12(2)23-17-9-8-14(19)11-16(17)21-18(22)10-7-13-5-3-4-6-15(13)20;/h3-6,8-9,11-12H,7,10,20H2,1-2H3,(H,21,22);1H. The Bertz CT molecular complexity index is 692. The summed E-state index contributed by atoms with van der Waals surface area (Å²) in [6.45, 7) is 3.74. The topological polar surface area (TPSA) is 64.3 Å². The maximum Gasteiger partial charge on any atom is 0.224 e. The maximum atomic E-state index is 13.4. The van der Waals surface area contributed by atoms with Crippen LogP contribution in [0.5, 0.6) is 5.75 Å². The zero-order chi connectivity index (χ0) is 16.8. The van der Waals surface area contributed by atoms with Crippen LogP contribution in [0.1, 0.15) is 25.8 Å². The Labute approximate surface area is 147 Å². The Balaban J connectivity index is 0.00000288. The highest BCUT2D eigenvalue weighted by Gasteiger charge is 2.11. The Kier molecular flexibility index (Phi) is 7.52. The number of nitrogen functional groups attached to an aromatic ring is 1. The summed E-state index contributed by atoms with van der Waals surface area (Å²) in [5, 5.41) is 2.70. The average Bonchev–Trinajstić information content (AvgIpc) is 2.49. The number of carbonyl (C=O) groups excluding carboxylic acids is 1. The summed E-state index contributed by atoms with van der Waals surface area (Å²) in [5.74, 6) is -0.190. The highest BCUT2D eigenvalue weighted by molar-refractivity contribution is 5.92. The van der Waals surface area contributed by atoms with E-state index in [1.54, 1.807) is 6.07 Å². The third kappa shape index (κ3) is 5.74. The Morgan fingerprint density at radius 3 is 2.62 bits per heavy atom. The van der Waals surface area contributed by atoms with Crippen LogP contribution in [0.2, 0.25) is 0 Å². The van der Waals surface area contributed by atoms with Crippen LogP contribution in [0.25, 0.3) is 0 Å². The molecule has 2 aromatic rings. The molecule has 0 atom stereocenters. The first-order chi connectivity index (χ1) is 11.0. The Morgan fingerprint density at radius 1 is 1.25 bits per heavy atom. The summed E-state index contributed by atoms with van der Waals surface area (Å²) < 4.78 is 19.0. The van der Waals surface area contributed by atoms with E-state index < -0.39 is 5.82 Å². The van der Waals surface area contributed by atoms with Crippen LogP contribution in [0.15, 0.2) is 42.5 Å². The van der Waals surface area contributed by atoms with Gasteiger partial charge in [0.05, 0.1) is 11.8 Å². The Morgan fingerprint density at radius 2 is 1.96 bits per heavy atom. The molecule has 0 aliphatic heterocycles.